The van der Waals surface area contributed by atoms with Crippen molar-refractivity contribution in [3.8, 4) is 0 Å². The molecule has 0 bridgehead atoms. The van der Waals surface area contributed by atoms with E-state index in [-0.39, 0.29) is 5.92 Å². The summed E-state index contributed by atoms with van der Waals surface area (Å²) in [7, 11) is 1.31. The Balaban J connectivity index is 0.000000310. The summed E-state index contributed by atoms with van der Waals surface area (Å²) in [5, 5.41) is 8.50. The van der Waals surface area contributed by atoms with E-state index in [4.69, 9.17) is 9.90 Å². The average Bonchev–Trinajstić information content (AvgIpc) is 2.19. The summed E-state index contributed by atoms with van der Waals surface area (Å²) in [6, 6.07) is 0. The van der Waals surface area contributed by atoms with Crippen molar-refractivity contribution in [1.29, 1.82) is 0 Å². The second-order valence-corrected chi connectivity index (χ2v) is 2.65. The Bertz CT molecular complexity index is 186. The van der Waals surface area contributed by atoms with Gasteiger partial charge in [-0.15, -0.1) is 0 Å². The second-order valence-electron chi connectivity index (χ2n) is 2.65. The number of carboxylic acid groups (broad SMARTS) is 1. The van der Waals surface area contributed by atoms with Crippen LogP contribution in [-0.2, 0) is 14.3 Å². The molecule has 1 aliphatic carbocycles. The number of allylic oxidation sites excluding steroid dienone is 2. The van der Waals surface area contributed by atoms with Gasteiger partial charge in [0.25, 0.3) is 6.47 Å². The molecule has 0 aromatic rings. The SMILES string of the molecule is COC=O.O=C(O)[C@@H]1CC=CCC1. The van der Waals surface area contributed by atoms with Crippen LogP contribution >= 0.6 is 0 Å². The Kier molecular flexibility index (Phi) is 6.59. The van der Waals surface area contributed by atoms with Crippen molar-refractivity contribution in [3.63, 3.8) is 0 Å². The van der Waals surface area contributed by atoms with Crippen molar-refractivity contribution in [1.82, 2.24) is 0 Å². The molecule has 0 radical (unpaired) electrons. The van der Waals surface area contributed by atoms with Gasteiger partial charge in [-0.3, -0.25) is 9.59 Å². The Hall–Kier alpha value is -1.32. The summed E-state index contributed by atoms with van der Waals surface area (Å²) >= 11 is 0. The fraction of sp³-hybridized carbons (Fsp3) is 0.556. The molecule has 0 aliphatic heterocycles. The van der Waals surface area contributed by atoms with Gasteiger partial charge in [-0.25, -0.2) is 0 Å². The van der Waals surface area contributed by atoms with E-state index in [0.717, 1.165) is 19.3 Å². The third-order valence-corrected chi connectivity index (χ3v) is 1.71. The van der Waals surface area contributed by atoms with E-state index in [2.05, 4.69) is 4.74 Å². The zero-order valence-electron chi connectivity index (χ0n) is 7.60. The van der Waals surface area contributed by atoms with Gasteiger partial charge in [0.05, 0.1) is 13.0 Å². The standard InChI is InChI=1S/C7H10O2.C2H4O2/c8-7(9)6-4-2-1-3-5-6;1-4-2-3/h1-2,6H,3-5H2,(H,8,9);2H,1H3/t6-;/m1./s1. The highest BCUT2D eigenvalue weighted by Crippen LogP contribution is 2.17. The summed E-state index contributed by atoms with van der Waals surface area (Å²) in [6.07, 6.45) is 6.44. The van der Waals surface area contributed by atoms with Crippen LogP contribution in [0.15, 0.2) is 12.2 Å². The summed E-state index contributed by atoms with van der Waals surface area (Å²) < 4.78 is 3.86. The molecule has 4 nitrogen and oxygen atoms in total. The van der Waals surface area contributed by atoms with Crippen LogP contribution in [0.5, 0.6) is 0 Å². The highest BCUT2D eigenvalue weighted by molar-refractivity contribution is 5.70. The molecule has 1 atom stereocenters. The molecular formula is C9H14O4. The highest BCUT2D eigenvalue weighted by atomic mass is 16.5. The molecule has 74 valence electrons. The lowest BCUT2D eigenvalue weighted by Gasteiger charge is -2.11. The van der Waals surface area contributed by atoms with E-state index in [0.29, 0.717) is 6.47 Å². The van der Waals surface area contributed by atoms with Crippen molar-refractivity contribution in [2.45, 2.75) is 19.3 Å². The van der Waals surface area contributed by atoms with E-state index in [1.54, 1.807) is 0 Å². The molecule has 13 heavy (non-hydrogen) atoms. The number of carbonyl (C=O) groups excluding carboxylic acids is 1. The zero-order valence-corrected chi connectivity index (χ0v) is 7.60. The zero-order chi connectivity index (χ0) is 10.1. The third-order valence-electron chi connectivity index (χ3n) is 1.71. The number of aliphatic carboxylic acids is 1. The first-order valence-corrected chi connectivity index (χ1v) is 4.06. The molecule has 0 aromatic carbocycles. The van der Waals surface area contributed by atoms with Gasteiger partial charge < -0.3 is 9.84 Å². The summed E-state index contributed by atoms with van der Waals surface area (Å²) in [5.74, 6) is -0.769. The molecule has 0 unspecified atom stereocenters. The largest absolute Gasteiger partial charge is 0.481 e. The number of carbonyl (C=O) groups is 2. The first kappa shape index (κ1) is 11.7. The Morgan fingerprint density at radius 2 is 2.23 bits per heavy atom. The number of rotatable bonds is 2. The van der Waals surface area contributed by atoms with Gasteiger partial charge in [0, 0.05) is 0 Å². The van der Waals surface area contributed by atoms with Gasteiger partial charge in [0.1, 0.15) is 0 Å². The van der Waals surface area contributed by atoms with Crippen LogP contribution in [0.25, 0.3) is 0 Å². The van der Waals surface area contributed by atoms with Crippen LogP contribution in [0.4, 0.5) is 0 Å². The number of hydrogen-bond acceptors (Lipinski definition) is 3. The molecule has 0 fully saturated rings. The lowest BCUT2D eigenvalue weighted by atomic mass is 9.95. The fourth-order valence-electron chi connectivity index (χ4n) is 1.02. The van der Waals surface area contributed by atoms with Crippen LogP contribution in [0.2, 0.25) is 0 Å². The first-order valence-electron chi connectivity index (χ1n) is 4.06. The van der Waals surface area contributed by atoms with Crippen molar-refractivity contribution < 1.29 is 19.4 Å². The van der Waals surface area contributed by atoms with E-state index in [1.807, 2.05) is 12.2 Å². The van der Waals surface area contributed by atoms with Crippen molar-refractivity contribution in [3.05, 3.63) is 12.2 Å². The highest BCUT2D eigenvalue weighted by Gasteiger charge is 2.16. The molecule has 0 saturated heterocycles. The van der Waals surface area contributed by atoms with Crippen molar-refractivity contribution in [2.75, 3.05) is 7.11 Å². The van der Waals surface area contributed by atoms with Gasteiger partial charge in [0.15, 0.2) is 0 Å². The molecule has 1 aliphatic rings. The molecule has 0 saturated carbocycles. The normalized spacial score (nSPS) is 19.6. The van der Waals surface area contributed by atoms with Gasteiger partial charge in [-0.2, -0.15) is 0 Å². The third kappa shape index (κ3) is 5.90. The molecule has 0 aromatic heterocycles. The van der Waals surface area contributed by atoms with Crippen LogP contribution < -0.4 is 0 Å². The predicted molar refractivity (Wildman–Crippen MR) is 47.2 cm³/mol. The molecule has 1 rings (SSSR count). The summed E-state index contributed by atoms with van der Waals surface area (Å²) in [4.78, 5) is 19.3. The molecule has 0 spiro atoms. The number of methoxy groups -OCH3 is 1. The van der Waals surface area contributed by atoms with Gasteiger partial charge in [-0.05, 0) is 19.3 Å². The molecule has 0 amide bonds. The minimum atomic E-state index is -0.653. The first-order chi connectivity index (χ1) is 6.22. The quantitative estimate of drug-likeness (QED) is 0.520. The lowest BCUT2D eigenvalue weighted by molar-refractivity contribution is -0.141. The Morgan fingerprint density at radius 1 is 1.62 bits per heavy atom. The maximum Gasteiger partial charge on any atom is 0.306 e. The van der Waals surface area contributed by atoms with E-state index in [1.165, 1.54) is 7.11 Å². The summed E-state index contributed by atoms with van der Waals surface area (Å²) in [5.41, 5.74) is 0. The molecule has 4 heteroatoms. The van der Waals surface area contributed by atoms with Crippen molar-refractivity contribution >= 4 is 12.4 Å². The minimum Gasteiger partial charge on any atom is -0.481 e. The lowest BCUT2D eigenvalue weighted by Crippen LogP contribution is -2.13. The topological polar surface area (TPSA) is 63.6 Å². The molecular weight excluding hydrogens is 172 g/mol. The van der Waals surface area contributed by atoms with Crippen molar-refractivity contribution in [2.24, 2.45) is 5.92 Å². The van der Waals surface area contributed by atoms with E-state index >= 15 is 0 Å². The second kappa shape index (κ2) is 7.34. The van der Waals surface area contributed by atoms with Crippen LogP contribution in [0.3, 0.4) is 0 Å². The Labute approximate surface area is 77.2 Å². The van der Waals surface area contributed by atoms with Crippen LogP contribution in [-0.4, -0.2) is 24.7 Å². The maximum absolute atomic E-state index is 10.3. The Morgan fingerprint density at radius 3 is 2.46 bits per heavy atom. The maximum atomic E-state index is 10.3. The van der Waals surface area contributed by atoms with Gasteiger partial charge >= 0.3 is 5.97 Å². The van der Waals surface area contributed by atoms with Crippen LogP contribution in [0, 0.1) is 5.92 Å². The number of hydrogen-bond donors (Lipinski definition) is 1. The minimum absolute atomic E-state index is 0.116. The monoisotopic (exact) mass is 186 g/mol. The smallest absolute Gasteiger partial charge is 0.306 e. The fourth-order valence-corrected chi connectivity index (χ4v) is 1.02. The van der Waals surface area contributed by atoms with E-state index in [9.17, 15) is 4.79 Å². The van der Waals surface area contributed by atoms with E-state index < -0.39 is 5.97 Å². The molecule has 0 heterocycles. The number of carboxylic acids is 1. The predicted octanol–water partition coefficient (Wildman–Crippen LogP) is 1.22. The van der Waals surface area contributed by atoms with Gasteiger partial charge in [0.2, 0.25) is 0 Å². The molecule has 1 N–H and O–H groups in total. The van der Waals surface area contributed by atoms with Gasteiger partial charge in [-0.1, -0.05) is 12.2 Å². The van der Waals surface area contributed by atoms with Crippen LogP contribution in [0.1, 0.15) is 19.3 Å². The summed E-state index contributed by atoms with van der Waals surface area (Å²) in [6.45, 7) is 0.375. The number of ether oxygens (including phenoxy) is 1. The average molecular weight is 186 g/mol.